The Labute approximate surface area is 132 Å². The van der Waals surface area contributed by atoms with Crippen molar-refractivity contribution < 1.29 is 4.39 Å². The Balaban J connectivity index is 2.19. The van der Waals surface area contributed by atoms with Crippen LogP contribution in [0.1, 0.15) is 63.9 Å². The maximum atomic E-state index is 13.6. The molecular weight excluding hydrogens is 294 g/mol. The molecule has 3 heteroatoms. The number of alkyl halides is 1. The highest BCUT2D eigenvalue weighted by Crippen LogP contribution is 2.24. The van der Waals surface area contributed by atoms with Crippen molar-refractivity contribution >= 4 is 23.2 Å². The second-order valence-electron chi connectivity index (χ2n) is 5.41. The zero-order valence-corrected chi connectivity index (χ0v) is 13.8. The van der Waals surface area contributed by atoms with E-state index >= 15 is 0 Å². The van der Waals surface area contributed by atoms with E-state index in [1.54, 1.807) is 12.1 Å². The van der Waals surface area contributed by atoms with Gasteiger partial charge in [-0.15, -0.1) is 11.6 Å². The van der Waals surface area contributed by atoms with E-state index in [0.29, 0.717) is 17.0 Å². The third-order valence-electron chi connectivity index (χ3n) is 3.61. The van der Waals surface area contributed by atoms with Crippen molar-refractivity contribution in [3.8, 4) is 0 Å². The Bertz CT molecular complexity index is 359. The molecule has 1 aromatic carbocycles. The molecule has 0 saturated carbocycles. The third kappa shape index (κ3) is 6.95. The fourth-order valence-electron chi connectivity index (χ4n) is 2.37. The van der Waals surface area contributed by atoms with Gasteiger partial charge in [0.2, 0.25) is 0 Å². The molecule has 0 aromatic heterocycles. The predicted molar refractivity (Wildman–Crippen MR) is 87.4 cm³/mol. The highest BCUT2D eigenvalue weighted by atomic mass is 35.5. The topological polar surface area (TPSA) is 0 Å². The van der Waals surface area contributed by atoms with Gasteiger partial charge >= 0.3 is 0 Å². The van der Waals surface area contributed by atoms with Crippen LogP contribution in [0.2, 0.25) is 5.02 Å². The Morgan fingerprint density at radius 3 is 2.35 bits per heavy atom. The normalized spacial score (nSPS) is 12.6. The van der Waals surface area contributed by atoms with Gasteiger partial charge in [0.1, 0.15) is 5.82 Å². The lowest BCUT2D eigenvalue weighted by atomic mass is 10.0. The number of rotatable bonds is 10. The van der Waals surface area contributed by atoms with Gasteiger partial charge in [0.15, 0.2) is 0 Å². The van der Waals surface area contributed by atoms with Crippen LogP contribution in [0, 0.1) is 5.82 Å². The number of unbranched alkanes of at least 4 members (excludes halogenated alkanes) is 6. The molecule has 1 rings (SSSR count). The monoisotopic (exact) mass is 318 g/mol. The summed E-state index contributed by atoms with van der Waals surface area (Å²) < 4.78 is 13.6. The molecule has 0 saturated heterocycles. The minimum atomic E-state index is -0.247. The van der Waals surface area contributed by atoms with Crippen LogP contribution in [-0.4, -0.2) is 5.38 Å². The number of hydrogen-bond donors (Lipinski definition) is 0. The van der Waals surface area contributed by atoms with Gasteiger partial charge < -0.3 is 0 Å². The SMILES string of the molecule is CCCCCCCCCC(Cl)Cc1c(F)cccc1Cl. The van der Waals surface area contributed by atoms with Gasteiger partial charge in [-0.3, -0.25) is 0 Å². The zero-order chi connectivity index (χ0) is 14.8. The molecule has 1 atom stereocenters. The van der Waals surface area contributed by atoms with E-state index in [1.165, 1.54) is 44.6 Å². The van der Waals surface area contributed by atoms with E-state index in [0.717, 1.165) is 12.8 Å². The minimum Gasteiger partial charge on any atom is -0.207 e. The molecule has 0 aliphatic heterocycles. The van der Waals surface area contributed by atoms with Gasteiger partial charge in [-0.05, 0) is 25.0 Å². The van der Waals surface area contributed by atoms with E-state index in [4.69, 9.17) is 23.2 Å². The summed E-state index contributed by atoms with van der Waals surface area (Å²) in [6.45, 7) is 2.23. The summed E-state index contributed by atoms with van der Waals surface area (Å²) in [6.07, 6.45) is 10.3. The van der Waals surface area contributed by atoms with Crippen molar-refractivity contribution in [3.63, 3.8) is 0 Å². The zero-order valence-electron chi connectivity index (χ0n) is 12.3. The Morgan fingerprint density at radius 1 is 1.05 bits per heavy atom. The summed E-state index contributed by atoms with van der Waals surface area (Å²) in [5.74, 6) is -0.247. The average molecular weight is 319 g/mol. The summed E-state index contributed by atoms with van der Waals surface area (Å²) in [5, 5.41) is 0.454. The summed E-state index contributed by atoms with van der Waals surface area (Å²) >= 11 is 12.3. The molecule has 0 nitrogen and oxygen atoms in total. The summed E-state index contributed by atoms with van der Waals surface area (Å²) in [4.78, 5) is 0. The second-order valence-corrected chi connectivity index (χ2v) is 6.44. The molecule has 20 heavy (non-hydrogen) atoms. The van der Waals surface area contributed by atoms with E-state index < -0.39 is 0 Å². The first-order chi connectivity index (χ1) is 9.65. The standard InChI is InChI=1S/C17H25Cl2F/c1-2-3-4-5-6-7-8-10-14(18)13-15-16(19)11-9-12-17(15)20/h9,11-12,14H,2-8,10,13H2,1H3. The van der Waals surface area contributed by atoms with Gasteiger partial charge in [0, 0.05) is 16.0 Å². The molecule has 0 heterocycles. The highest BCUT2D eigenvalue weighted by molar-refractivity contribution is 6.31. The average Bonchev–Trinajstić information content (AvgIpc) is 2.42. The van der Waals surface area contributed by atoms with Gasteiger partial charge in [-0.2, -0.15) is 0 Å². The number of benzene rings is 1. The molecule has 0 aliphatic rings. The maximum Gasteiger partial charge on any atom is 0.127 e. The van der Waals surface area contributed by atoms with Crippen LogP contribution >= 0.6 is 23.2 Å². The van der Waals surface area contributed by atoms with E-state index in [1.807, 2.05) is 0 Å². The highest BCUT2D eigenvalue weighted by Gasteiger charge is 2.12. The van der Waals surface area contributed by atoms with Crippen LogP contribution in [0.5, 0.6) is 0 Å². The fourth-order valence-corrected chi connectivity index (χ4v) is 2.92. The van der Waals surface area contributed by atoms with Crippen molar-refractivity contribution in [2.24, 2.45) is 0 Å². The molecule has 1 unspecified atom stereocenters. The fraction of sp³-hybridized carbons (Fsp3) is 0.647. The molecule has 0 N–H and O–H groups in total. The molecule has 0 bridgehead atoms. The smallest absolute Gasteiger partial charge is 0.127 e. The maximum absolute atomic E-state index is 13.6. The molecule has 0 radical (unpaired) electrons. The van der Waals surface area contributed by atoms with Crippen LogP contribution < -0.4 is 0 Å². The van der Waals surface area contributed by atoms with Crippen LogP contribution in [-0.2, 0) is 6.42 Å². The molecule has 1 aromatic rings. The van der Waals surface area contributed by atoms with Crippen molar-refractivity contribution in [3.05, 3.63) is 34.6 Å². The van der Waals surface area contributed by atoms with Crippen LogP contribution in [0.15, 0.2) is 18.2 Å². The molecule has 114 valence electrons. The van der Waals surface area contributed by atoms with Crippen LogP contribution in [0.25, 0.3) is 0 Å². The van der Waals surface area contributed by atoms with Crippen molar-refractivity contribution in [1.29, 1.82) is 0 Å². The predicted octanol–water partition coefficient (Wildman–Crippen LogP) is 6.77. The van der Waals surface area contributed by atoms with Crippen molar-refractivity contribution in [2.45, 2.75) is 70.1 Å². The Morgan fingerprint density at radius 2 is 1.70 bits per heavy atom. The first-order valence-electron chi connectivity index (χ1n) is 7.72. The quantitative estimate of drug-likeness (QED) is 0.330. The third-order valence-corrected chi connectivity index (χ3v) is 4.33. The van der Waals surface area contributed by atoms with Gasteiger partial charge in [-0.25, -0.2) is 4.39 Å². The lowest BCUT2D eigenvalue weighted by molar-refractivity contribution is 0.560. The Hall–Kier alpha value is -0.270. The van der Waals surface area contributed by atoms with Crippen molar-refractivity contribution in [2.75, 3.05) is 0 Å². The largest absolute Gasteiger partial charge is 0.207 e. The lowest BCUT2D eigenvalue weighted by Gasteiger charge is -2.11. The van der Waals surface area contributed by atoms with Crippen LogP contribution in [0.3, 0.4) is 0 Å². The first kappa shape index (κ1) is 17.8. The molecule has 0 fully saturated rings. The molecule has 0 amide bonds. The summed E-state index contributed by atoms with van der Waals surface area (Å²) in [5.41, 5.74) is 0.553. The van der Waals surface area contributed by atoms with Gasteiger partial charge in [0.05, 0.1) is 0 Å². The second kappa shape index (κ2) is 10.5. The summed E-state index contributed by atoms with van der Waals surface area (Å²) in [7, 11) is 0. The summed E-state index contributed by atoms with van der Waals surface area (Å²) in [6, 6.07) is 4.79. The van der Waals surface area contributed by atoms with Crippen LogP contribution in [0.4, 0.5) is 4.39 Å². The van der Waals surface area contributed by atoms with E-state index in [9.17, 15) is 4.39 Å². The first-order valence-corrected chi connectivity index (χ1v) is 8.53. The minimum absolute atomic E-state index is 0.0277. The molecule has 0 aliphatic carbocycles. The lowest BCUT2D eigenvalue weighted by Crippen LogP contribution is -2.05. The molecular formula is C17H25Cl2F. The van der Waals surface area contributed by atoms with E-state index in [2.05, 4.69) is 6.92 Å². The Kier molecular flexibility index (Phi) is 9.30. The van der Waals surface area contributed by atoms with E-state index in [-0.39, 0.29) is 11.2 Å². The molecule has 0 spiro atoms. The number of halogens is 3. The van der Waals surface area contributed by atoms with Gasteiger partial charge in [0.25, 0.3) is 0 Å². The van der Waals surface area contributed by atoms with Crippen molar-refractivity contribution in [1.82, 2.24) is 0 Å². The van der Waals surface area contributed by atoms with Gasteiger partial charge in [-0.1, -0.05) is 69.5 Å². The number of hydrogen-bond acceptors (Lipinski definition) is 0.